The molecule has 0 radical (unpaired) electrons. The second kappa shape index (κ2) is 9.73. The van der Waals surface area contributed by atoms with E-state index in [1.807, 2.05) is 24.3 Å². The molecule has 0 aromatic heterocycles. The number of allylic oxidation sites excluding steroid dienone is 1. The largest absolute Gasteiger partial charge is 0.493 e. The lowest BCUT2D eigenvalue weighted by molar-refractivity contribution is 0.284. The van der Waals surface area contributed by atoms with Crippen molar-refractivity contribution in [2.24, 2.45) is 0 Å². The van der Waals surface area contributed by atoms with Crippen molar-refractivity contribution in [3.8, 4) is 17.6 Å². The first-order chi connectivity index (χ1) is 14.0. The maximum absolute atomic E-state index is 13.1. The maximum atomic E-state index is 13.1. The van der Waals surface area contributed by atoms with Gasteiger partial charge in [-0.2, -0.15) is 5.26 Å². The highest BCUT2D eigenvalue weighted by Gasteiger charge is 2.09. The van der Waals surface area contributed by atoms with Gasteiger partial charge < -0.3 is 9.47 Å². The highest BCUT2D eigenvalue weighted by atomic mass is 79.9. The van der Waals surface area contributed by atoms with Gasteiger partial charge in [0.05, 0.1) is 18.8 Å². The highest BCUT2D eigenvalue weighted by Crippen LogP contribution is 2.31. The standard InChI is InChI=1S/C23H16Br2FNO2/c1-28-23-11-15(10-18(13-27)16-4-7-20(26)8-5-16)2-9-22(23)29-14-17-3-6-19(24)12-21(17)25/h2-12H,14H2,1H3/b18-10-. The molecule has 0 unspecified atom stereocenters. The Morgan fingerprint density at radius 2 is 1.79 bits per heavy atom. The van der Waals surface area contributed by atoms with Crippen molar-refractivity contribution in [2.75, 3.05) is 7.11 Å². The van der Waals surface area contributed by atoms with E-state index in [1.54, 1.807) is 37.5 Å². The molecule has 0 heterocycles. The molecule has 0 aliphatic carbocycles. The van der Waals surface area contributed by atoms with Gasteiger partial charge in [-0.1, -0.05) is 56.1 Å². The second-order valence-electron chi connectivity index (χ2n) is 6.11. The van der Waals surface area contributed by atoms with Crippen molar-refractivity contribution >= 4 is 43.5 Å². The molecule has 29 heavy (non-hydrogen) atoms. The van der Waals surface area contributed by atoms with E-state index in [-0.39, 0.29) is 5.82 Å². The number of halogens is 3. The summed E-state index contributed by atoms with van der Waals surface area (Å²) >= 11 is 6.96. The van der Waals surface area contributed by atoms with Crippen molar-refractivity contribution in [2.45, 2.75) is 6.61 Å². The Bertz CT molecular complexity index is 1090. The summed E-state index contributed by atoms with van der Waals surface area (Å²) < 4.78 is 26.4. The number of ether oxygens (including phenoxy) is 2. The molecule has 0 saturated heterocycles. The van der Waals surface area contributed by atoms with Crippen molar-refractivity contribution in [1.29, 1.82) is 5.26 Å². The molecular formula is C23H16Br2FNO2. The summed E-state index contributed by atoms with van der Waals surface area (Å²) in [4.78, 5) is 0. The van der Waals surface area contributed by atoms with Gasteiger partial charge in [0.15, 0.2) is 11.5 Å². The molecular weight excluding hydrogens is 501 g/mol. The summed E-state index contributed by atoms with van der Waals surface area (Å²) in [6, 6.07) is 19.3. The van der Waals surface area contributed by atoms with Crippen LogP contribution in [0.3, 0.4) is 0 Å². The van der Waals surface area contributed by atoms with Gasteiger partial charge in [0, 0.05) is 14.5 Å². The average molecular weight is 517 g/mol. The summed E-state index contributed by atoms with van der Waals surface area (Å²) in [5.41, 5.74) is 2.86. The zero-order valence-electron chi connectivity index (χ0n) is 15.5. The van der Waals surface area contributed by atoms with Crippen molar-refractivity contribution in [3.63, 3.8) is 0 Å². The van der Waals surface area contributed by atoms with E-state index in [4.69, 9.17) is 9.47 Å². The molecule has 3 nitrogen and oxygen atoms in total. The van der Waals surface area contributed by atoms with Crippen molar-refractivity contribution in [1.82, 2.24) is 0 Å². The van der Waals surface area contributed by atoms with Crippen LogP contribution >= 0.6 is 31.9 Å². The van der Waals surface area contributed by atoms with Crippen LogP contribution in [0.1, 0.15) is 16.7 Å². The van der Waals surface area contributed by atoms with Crippen LogP contribution in [-0.4, -0.2) is 7.11 Å². The Kier molecular flexibility index (Phi) is 7.08. The summed E-state index contributed by atoms with van der Waals surface area (Å²) in [6.07, 6.45) is 1.73. The minimum absolute atomic E-state index is 0.341. The van der Waals surface area contributed by atoms with Gasteiger partial charge in [-0.25, -0.2) is 4.39 Å². The van der Waals surface area contributed by atoms with E-state index in [9.17, 15) is 9.65 Å². The lowest BCUT2D eigenvalue weighted by Crippen LogP contribution is -1.99. The number of hydrogen-bond acceptors (Lipinski definition) is 3. The molecule has 6 heteroatoms. The number of benzene rings is 3. The minimum Gasteiger partial charge on any atom is -0.493 e. The normalized spacial score (nSPS) is 11.1. The molecule has 0 atom stereocenters. The summed E-state index contributed by atoms with van der Waals surface area (Å²) in [5, 5.41) is 9.47. The third-order valence-electron chi connectivity index (χ3n) is 4.17. The number of rotatable bonds is 6. The Labute approximate surface area is 185 Å². The first kappa shape index (κ1) is 21.1. The molecule has 0 N–H and O–H groups in total. The van der Waals surface area contributed by atoms with Crippen LogP contribution in [0.15, 0.2) is 69.6 Å². The van der Waals surface area contributed by atoms with Gasteiger partial charge in [-0.05, 0) is 53.6 Å². The van der Waals surface area contributed by atoms with Gasteiger partial charge in [0.25, 0.3) is 0 Å². The van der Waals surface area contributed by atoms with Crippen LogP contribution in [0.4, 0.5) is 4.39 Å². The molecule has 146 valence electrons. The van der Waals surface area contributed by atoms with Crippen LogP contribution in [0.25, 0.3) is 11.6 Å². The molecule has 3 rings (SSSR count). The quantitative estimate of drug-likeness (QED) is 0.261. The van der Waals surface area contributed by atoms with Gasteiger partial charge in [-0.3, -0.25) is 0 Å². The maximum Gasteiger partial charge on any atom is 0.161 e. The smallest absolute Gasteiger partial charge is 0.161 e. The van der Waals surface area contributed by atoms with Crippen LogP contribution in [0, 0.1) is 17.1 Å². The zero-order chi connectivity index (χ0) is 20.8. The van der Waals surface area contributed by atoms with Gasteiger partial charge in [0.1, 0.15) is 12.4 Å². The predicted octanol–water partition coefficient (Wildman–Crippen LogP) is 7.00. The predicted molar refractivity (Wildman–Crippen MR) is 119 cm³/mol. The summed E-state index contributed by atoms with van der Waals surface area (Å²) in [7, 11) is 1.57. The Morgan fingerprint density at radius 1 is 1.03 bits per heavy atom. The fourth-order valence-electron chi connectivity index (χ4n) is 2.66. The molecule has 0 bridgehead atoms. The number of nitrogens with zero attached hydrogens (tertiary/aromatic N) is 1. The summed E-state index contributed by atoms with van der Waals surface area (Å²) in [6.45, 7) is 0.373. The third-order valence-corrected chi connectivity index (χ3v) is 5.40. The number of methoxy groups -OCH3 is 1. The van der Waals surface area contributed by atoms with Gasteiger partial charge in [-0.15, -0.1) is 0 Å². The van der Waals surface area contributed by atoms with Gasteiger partial charge in [0.2, 0.25) is 0 Å². The van der Waals surface area contributed by atoms with Crippen LogP contribution in [0.2, 0.25) is 0 Å². The molecule has 0 aliphatic heterocycles. The average Bonchev–Trinajstić information content (AvgIpc) is 2.72. The molecule has 0 fully saturated rings. The van der Waals surface area contributed by atoms with E-state index in [0.29, 0.717) is 29.2 Å². The fraction of sp³-hybridized carbons (Fsp3) is 0.0870. The molecule has 0 amide bonds. The monoisotopic (exact) mass is 515 g/mol. The molecule has 0 spiro atoms. The first-order valence-corrected chi connectivity index (χ1v) is 10.2. The molecule has 3 aromatic rings. The topological polar surface area (TPSA) is 42.2 Å². The minimum atomic E-state index is -0.341. The number of hydrogen-bond donors (Lipinski definition) is 0. The highest BCUT2D eigenvalue weighted by molar-refractivity contribution is 9.11. The Balaban J connectivity index is 1.82. The van der Waals surface area contributed by atoms with Gasteiger partial charge >= 0.3 is 0 Å². The van der Waals surface area contributed by atoms with E-state index in [0.717, 1.165) is 20.1 Å². The SMILES string of the molecule is COc1cc(/C=C(/C#N)c2ccc(F)cc2)ccc1OCc1ccc(Br)cc1Br. The fourth-order valence-corrected chi connectivity index (χ4v) is 3.83. The second-order valence-corrected chi connectivity index (χ2v) is 7.88. The van der Waals surface area contributed by atoms with Crippen molar-refractivity contribution in [3.05, 3.63) is 92.1 Å². The Morgan fingerprint density at radius 3 is 2.45 bits per heavy atom. The van der Waals surface area contributed by atoms with Crippen molar-refractivity contribution < 1.29 is 13.9 Å². The van der Waals surface area contributed by atoms with E-state index in [1.165, 1.54) is 12.1 Å². The molecule has 0 aliphatic rings. The van der Waals surface area contributed by atoms with E-state index in [2.05, 4.69) is 37.9 Å². The molecule has 3 aromatic carbocycles. The lowest BCUT2D eigenvalue weighted by Gasteiger charge is -2.12. The van der Waals surface area contributed by atoms with E-state index >= 15 is 0 Å². The van der Waals surface area contributed by atoms with Crippen LogP contribution in [-0.2, 0) is 6.61 Å². The summed E-state index contributed by atoms with van der Waals surface area (Å²) in [5.74, 6) is 0.815. The lowest BCUT2D eigenvalue weighted by atomic mass is 10.0. The first-order valence-electron chi connectivity index (χ1n) is 8.62. The zero-order valence-corrected chi connectivity index (χ0v) is 18.6. The number of nitriles is 1. The third kappa shape index (κ3) is 5.47. The Hall–Kier alpha value is -2.62. The van der Waals surface area contributed by atoms with Crippen LogP contribution in [0.5, 0.6) is 11.5 Å². The molecule has 0 saturated carbocycles. The van der Waals surface area contributed by atoms with Crippen LogP contribution < -0.4 is 9.47 Å². The van der Waals surface area contributed by atoms with E-state index < -0.39 is 0 Å².